The highest BCUT2D eigenvalue weighted by atomic mass is 16.4. The number of ketones is 1. The van der Waals surface area contributed by atoms with Gasteiger partial charge in [0, 0.05) is 42.3 Å². The Hall–Kier alpha value is -2.89. The molecule has 0 aliphatic heterocycles. The van der Waals surface area contributed by atoms with Crippen LogP contribution in [0.1, 0.15) is 21.6 Å². The fraction of sp³-hybridized carbons (Fsp3) is 0.0714. The lowest BCUT2D eigenvalue weighted by Gasteiger charge is -2.01. The average molecular weight is 272 g/mol. The number of aliphatic hydroxyl groups excluding tert-OH is 1. The lowest BCUT2D eigenvalue weighted by molar-refractivity contribution is -0.135. The molecular weight excluding hydrogens is 260 g/mol. The van der Waals surface area contributed by atoms with Gasteiger partial charge in [0.05, 0.1) is 0 Å². The van der Waals surface area contributed by atoms with Gasteiger partial charge in [-0.25, -0.2) is 4.79 Å². The molecule has 0 fully saturated rings. The highest BCUT2D eigenvalue weighted by molar-refractivity contribution is 6.08. The van der Waals surface area contributed by atoms with E-state index in [-0.39, 0.29) is 0 Å². The summed E-state index contributed by atoms with van der Waals surface area (Å²) < 4.78 is 0. The highest BCUT2D eigenvalue weighted by Crippen LogP contribution is 2.14. The zero-order chi connectivity index (χ0) is 14.5. The summed E-state index contributed by atoms with van der Waals surface area (Å²) in [5, 5.41) is 17.6. The predicted molar refractivity (Wildman–Crippen MR) is 70.5 cm³/mol. The monoisotopic (exact) mass is 272 g/mol. The first kappa shape index (κ1) is 13.5. The molecule has 0 aliphatic rings. The first-order valence-electron chi connectivity index (χ1n) is 5.82. The first-order valence-corrected chi connectivity index (χ1v) is 5.82. The summed E-state index contributed by atoms with van der Waals surface area (Å²) in [5.74, 6) is -3.10. The molecule has 0 atom stereocenters. The molecule has 102 valence electrons. The normalized spacial score (nSPS) is 11.3. The molecule has 2 aromatic heterocycles. The van der Waals surface area contributed by atoms with Crippen molar-refractivity contribution in [1.29, 1.82) is 0 Å². The molecule has 0 spiro atoms. The van der Waals surface area contributed by atoms with Gasteiger partial charge in [0.2, 0.25) is 5.76 Å². The molecule has 3 N–H and O–H groups in total. The maximum Gasteiger partial charge on any atom is 0.371 e. The van der Waals surface area contributed by atoms with Crippen molar-refractivity contribution in [1.82, 2.24) is 9.97 Å². The van der Waals surface area contributed by atoms with Crippen LogP contribution < -0.4 is 0 Å². The summed E-state index contributed by atoms with van der Waals surface area (Å²) in [5.41, 5.74) is 1.78. The molecule has 6 heteroatoms. The number of carbonyl (C=O) groups is 2. The van der Waals surface area contributed by atoms with Gasteiger partial charge in [-0.15, -0.1) is 0 Å². The van der Waals surface area contributed by atoms with Gasteiger partial charge in [-0.05, 0) is 17.7 Å². The van der Waals surface area contributed by atoms with E-state index >= 15 is 0 Å². The molecule has 0 amide bonds. The van der Waals surface area contributed by atoms with E-state index in [2.05, 4.69) is 9.97 Å². The van der Waals surface area contributed by atoms with Crippen LogP contribution in [0.25, 0.3) is 0 Å². The molecule has 6 nitrogen and oxygen atoms in total. The summed E-state index contributed by atoms with van der Waals surface area (Å²) in [4.78, 5) is 29.3. The maximum atomic E-state index is 11.9. The fourth-order valence-electron chi connectivity index (χ4n) is 1.73. The number of carbonyl (C=O) groups excluding carboxylic acids is 1. The molecule has 20 heavy (non-hydrogen) atoms. The van der Waals surface area contributed by atoms with Crippen LogP contribution in [0.3, 0.4) is 0 Å². The van der Waals surface area contributed by atoms with Crippen molar-refractivity contribution in [2.75, 3.05) is 0 Å². The summed E-state index contributed by atoms with van der Waals surface area (Å²) >= 11 is 0. The number of H-pyrrole nitrogens is 1. The van der Waals surface area contributed by atoms with E-state index in [0.29, 0.717) is 23.6 Å². The Morgan fingerprint density at radius 2 is 2.05 bits per heavy atom. The molecule has 2 aromatic rings. The number of aromatic amines is 1. The number of aliphatic hydroxyl groups is 1. The van der Waals surface area contributed by atoms with E-state index < -0.39 is 17.5 Å². The summed E-state index contributed by atoms with van der Waals surface area (Å²) in [7, 11) is 0. The van der Waals surface area contributed by atoms with Crippen molar-refractivity contribution < 1.29 is 19.8 Å². The second-order valence-corrected chi connectivity index (χ2v) is 4.09. The number of nitrogens with one attached hydrogen (secondary N) is 1. The van der Waals surface area contributed by atoms with E-state index in [4.69, 9.17) is 10.2 Å². The van der Waals surface area contributed by atoms with Crippen LogP contribution in [-0.2, 0) is 11.2 Å². The average Bonchev–Trinajstić information content (AvgIpc) is 2.88. The summed E-state index contributed by atoms with van der Waals surface area (Å²) in [6, 6.07) is 5.46. The Balaban J connectivity index is 2.23. The van der Waals surface area contributed by atoms with E-state index in [0.717, 1.165) is 5.69 Å². The number of rotatable bonds is 5. The number of hydrogen-bond donors (Lipinski definition) is 3. The Kier molecular flexibility index (Phi) is 3.95. The number of pyridine rings is 1. The molecule has 0 radical (unpaired) electrons. The minimum atomic E-state index is -1.54. The number of carboxylic acid groups (broad SMARTS) is 1. The SMILES string of the molecule is O=C(O)/C(O)=C/C(=O)c1c[nH]cc1Cc1ccccn1. The lowest BCUT2D eigenvalue weighted by Crippen LogP contribution is -2.05. The highest BCUT2D eigenvalue weighted by Gasteiger charge is 2.14. The Labute approximate surface area is 114 Å². The smallest absolute Gasteiger partial charge is 0.371 e. The minimum Gasteiger partial charge on any atom is -0.502 e. The van der Waals surface area contributed by atoms with Crippen LogP contribution in [0, 0.1) is 0 Å². The van der Waals surface area contributed by atoms with E-state index in [1.807, 2.05) is 12.1 Å². The topological polar surface area (TPSA) is 103 Å². The van der Waals surface area contributed by atoms with Crippen LogP contribution in [-0.4, -0.2) is 31.9 Å². The first-order chi connectivity index (χ1) is 9.58. The van der Waals surface area contributed by atoms with Crippen LogP contribution in [0.4, 0.5) is 0 Å². The van der Waals surface area contributed by atoms with Crippen molar-refractivity contribution in [3.63, 3.8) is 0 Å². The van der Waals surface area contributed by atoms with Crippen LogP contribution in [0.15, 0.2) is 48.6 Å². The molecule has 0 saturated carbocycles. The predicted octanol–water partition coefficient (Wildman–Crippen LogP) is 1.71. The van der Waals surface area contributed by atoms with Crippen LogP contribution in [0.2, 0.25) is 0 Å². The summed E-state index contributed by atoms with van der Waals surface area (Å²) in [6.07, 6.45) is 5.89. The molecule has 0 saturated heterocycles. The van der Waals surface area contributed by atoms with Gasteiger partial charge < -0.3 is 15.2 Å². The van der Waals surface area contributed by atoms with E-state index in [9.17, 15) is 9.59 Å². The second-order valence-electron chi connectivity index (χ2n) is 4.09. The summed E-state index contributed by atoms with van der Waals surface area (Å²) in [6.45, 7) is 0. The molecule has 2 heterocycles. The van der Waals surface area contributed by atoms with Crippen molar-refractivity contribution in [3.8, 4) is 0 Å². The molecular formula is C14H12N2O4. The number of aliphatic carboxylic acids is 1. The van der Waals surface area contributed by atoms with E-state index in [1.54, 1.807) is 18.5 Å². The zero-order valence-corrected chi connectivity index (χ0v) is 10.4. The maximum absolute atomic E-state index is 11.9. The van der Waals surface area contributed by atoms with Crippen molar-refractivity contribution >= 4 is 11.8 Å². The van der Waals surface area contributed by atoms with Gasteiger partial charge in [-0.2, -0.15) is 0 Å². The minimum absolute atomic E-state index is 0.309. The van der Waals surface area contributed by atoms with Crippen molar-refractivity contribution in [2.24, 2.45) is 0 Å². The van der Waals surface area contributed by atoms with Crippen LogP contribution >= 0.6 is 0 Å². The van der Waals surface area contributed by atoms with Gasteiger partial charge in [0.25, 0.3) is 0 Å². The number of carboxylic acids is 1. The Bertz CT molecular complexity index is 659. The molecule has 0 unspecified atom stereocenters. The Morgan fingerprint density at radius 3 is 2.70 bits per heavy atom. The third-order valence-corrected chi connectivity index (χ3v) is 2.68. The number of aromatic nitrogens is 2. The van der Waals surface area contributed by atoms with E-state index in [1.165, 1.54) is 6.20 Å². The number of allylic oxidation sites excluding steroid dienone is 1. The Morgan fingerprint density at radius 1 is 1.25 bits per heavy atom. The standard InChI is InChI=1S/C14H12N2O4/c17-12(6-13(18)14(19)20)11-8-15-7-9(11)5-10-3-1-2-4-16-10/h1-4,6-8,15,18H,5H2,(H,19,20)/b13-6-. The number of hydrogen-bond acceptors (Lipinski definition) is 4. The largest absolute Gasteiger partial charge is 0.502 e. The lowest BCUT2D eigenvalue weighted by atomic mass is 10.0. The van der Waals surface area contributed by atoms with Gasteiger partial charge >= 0.3 is 5.97 Å². The molecule has 0 aliphatic carbocycles. The molecule has 2 rings (SSSR count). The van der Waals surface area contributed by atoms with Gasteiger partial charge in [-0.3, -0.25) is 9.78 Å². The van der Waals surface area contributed by atoms with Crippen molar-refractivity contribution in [2.45, 2.75) is 6.42 Å². The zero-order valence-electron chi connectivity index (χ0n) is 10.4. The van der Waals surface area contributed by atoms with Crippen LogP contribution in [0.5, 0.6) is 0 Å². The molecule has 0 bridgehead atoms. The van der Waals surface area contributed by atoms with Crippen molar-refractivity contribution in [3.05, 3.63) is 65.4 Å². The second kappa shape index (κ2) is 5.83. The third kappa shape index (κ3) is 3.11. The van der Waals surface area contributed by atoms with Gasteiger partial charge in [0.1, 0.15) is 0 Å². The van der Waals surface area contributed by atoms with Gasteiger partial charge in [0.15, 0.2) is 5.78 Å². The van der Waals surface area contributed by atoms with Gasteiger partial charge in [-0.1, -0.05) is 6.07 Å². The third-order valence-electron chi connectivity index (χ3n) is 2.68. The quantitative estimate of drug-likeness (QED) is 0.436. The fourth-order valence-corrected chi connectivity index (χ4v) is 1.73. The molecule has 0 aromatic carbocycles. The number of nitrogens with zero attached hydrogens (tertiary/aromatic N) is 1.